The van der Waals surface area contributed by atoms with E-state index in [-0.39, 0.29) is 5.91 Å². The lowest BCUT2D eigenvalue weighted by Gasteiger charge is -2.27. The number of allylic oxidation sites excluding steroid dienone is 2. The molecule has 1 aromatic heterocycles. The average molecular weight is 353 g/mol. The van der Waals surface area contributed by atoms with E-state index in [1.165, 1.54) is 11.3 Å². The first kappa shape index (κ1) is 16.4. The molecule has 1 aliphatic rings. The zero-order valence-corrected chi connectivity index (χ0v) is 14.6. The number of nitriles is 1. The minimum absolute atomic E-state index is 0.224. The second-order valence-electron chi connectivity index (χ2n) is 5.31. The highest BCUT2D eigenvalue weighted by atomic mass is 32.1. The minimum Gasteiger partial charge on any atom is -0.353 e. The molecule has 4 nitrogen and oxygen atoms in total. The number of nitrogens with one attached hydrogen (secondary N) is 2. The topological polar surface area (TPSA) is 64.9 Å². The molecule has 0 aliphatic carbocycles. The first-order valence-electron chi connectivity index (χ1n) is 7.32. The number of benzene rings is 1. The lowest BCUT2D eigenvalue weighted by Crippen LogP contribution is -2.29. The Morgan fingerprint density at radius 3 is 2.67 bits per heavy atom. The predicted octanol–water partition coefficient (Wildman–Crippen LogP) is 4.01. The van der Waals surface area contributed by atoms with E-state index in [1.54, 1.807) is 0 Å². The molecule has 0 unspecified atom stereocenters. The van der Waals surface area contributed by atoms with Gasteiger partial charge in [-0.3, -0.25) is 4.79 Å². The second-order valence-corrected chi connectivity index (χ2v) is 6.73. The fraction of sp³-hybridized carbons (Fsp3) is 0.111. The number of para-hydroxylation sites is 1. The predicted molar refractivity (Wildman–Crippen MR) is 99.6 cm³/mol. The van der Waals surface area contributed by atoms with Gasteiger partial charge in [-0.15, -0.1) is 24.0 Å². The van der Waals surface area contributed by atoms with Crippen molar-refractivity contribution < 1.29 is 4.79 Å². The molecule has 0 radical (unpaired) electrons. The number of dihydropyridines is 1. The fourth-order valence-electron chi connectivity index (χ4n) is 2.69. The average Bonchev–Trinajstić information content (AvgIpc) is 3.09. The Morgan fingerprint density at radius 1 is 1.29 bits per heavy atom. The molecular weight excluding hydrogens is 338 g/mol. The Morgan fingerprint density at radius 2 is 2.04 bits per heavy atom. The molecule has 1 amide bonds. The van der Waals surface area contributed by atoms with Crippen LogP contribution in [-0.4, -0.2) is 5.91 Å². The van der Waals surface area contributed by atoms with Crippen molar-refractivity contribution in [3.05, 3.63) is 74.6 Å². The van der Waals surface area contributed by atoms with Crippen molar-refractivity contribution in [3.63, 3.8) is 0 Å². The van der Waals surface area contributed by atoms with E-state index in [0.717, 1.165) is 4.88 Å². The Bertz CT molecular complexity index is 861. The standard InChI is InChI=1S/C18H15N3OS2/c1-11-15(17(22)21-12-6-3-2-4-7-12)16(14-8-5-9-24-14)13(10-19)18(23)20-11/h2-9,16,20,23H,1H3,(H,21,22)/t16-/m1/s1. The summed E-state index contributed by atoms with van der Waals surface area (Å²) in [5, 5.41) is 17.9. The van der Waals surface area contributed by atoms with Crippen LogP contribution in [0.2, 0.25) is 0 Å². The Balaban J connectivity index is 2.02. The van der Waals surface area contributed by atoms with Gasteiger partial charge in [0.05, 0.1) is 22.6 Å². The number of anilines is 1. The summed E-state index contributed by atoms with van der Waals surface area (Å²) in [4.78, 5) is 13.8. The maximum Gasteiger partial charge on any atom is 0.254 e. The molecule has 0 fully saturated rings. The summed E-state index contributed by atoms with van der Waals surface area (Å²) in [5.74, 6) is -0.634. The van der Waals surface area contributed by atoms with E-state index >= 15 is 0 Å². The fourth-order valence-corrected chi connectivity index (χ4v) is 3.88. The van der Waals surface area contributed by atoms with Crippen molar-refractivity contribution >= 4 is 35.6 Å². The van der Waals surface area contributed by atoms with Crippen molar-refractivity contribution in [1.82, 2.24) is 5.32 Å². The van der Waals surface area contributed by atoms with Gasteiger partial charge < -0.3 is 10.6 Å². The largest absolute Gasteiger partial charge is 0.353 e. The minimum atomic E-state index is -0.410. The maximum absolute atomic E-state index is 12.9. The van der Waals surface area contributed by atoms with Crippen molar-refractivity contribution in [2.45, 2.75) is 12.8 Å². The van der Waals surface area contributed by atoms with Crippen LogP contribution in [0.1, 0.15) is 17.7 Å². The lowest BCUT2D eigenvalue weighted by molar-refractivity contribution is -0.113. The quantitative estimate of drug-likeness (QED) is 0.731. The highest BCUT2D eigenvalue weighted by Crippen LogP contribution is 2.40. The molecule has 3 rings (SSSR count). The second kappa shape index (κ2) is 6.95. The highest BCUT2D eigenvalue weighted by molar-refractivity contribution is 7.84. The molecule has 0 saturated heterocycles. The molecule has 1 aliphatic heterocycles. The molecule has 120 valence electrons. The summed E-state index contributed by atoms with van der Waals surface area (Å²) in [6.45, 7) is 1.82. The number of nitrogens with zero attached hydrogens (tertiary/aromatic N) is 1. The number of thiol groups is 1. The molecule has 0 bridgehead atoms. The zero-order valence-electron chi connectivity index (χ0n) is 12.9. The van der Waals surface area contributed by atoms with E-state index in [0.29, 0.717) is 27.6 Å². The summed E-state index contributed by atoms with van der Waals surface area (Å²) >= 11 is 5.90. The number of hydrogen-bond acceptors (Lipinski definition) is 5. The number of rotatable bonds is 3. The Labute approximate surface area is 149 Å². The third kappa shape index (κ3) is 3.09. The van der Waals surface area contributed by atoms with E-state index in [2.05, 4.69) is 29.3 Å². The zero-order chi connectivity index (χ0) is 17.1. The van der Waals surface area contributed by atoms with Gasteiger partial charge in [-0.25, -0.2) is 0 Å². The molecule has 2 aromatic rings. The van der Waals surface area contributed by atoms with E-state index < -0.39 is 5.92 Å². The van der Waals surface area contributed by atoms with Crippen LogP contribution >= 0.6 is 24.0 Å². The van der Waals surface area contributed by atoms with Crippen molar-refractivity contribution in [2.24, 2.45) is 0 Å². The van der Waals surface area contributed by atoms with Crippen LogP contribution in [0.15, 0.2) is 69.7 Å². The van der Waals surface area contributed by atoms with Crippen molar-refractivity contribution in [1.29, 1.82) is 5.26 Å². The third-order valence-corrected chi connectivity index (χ3v) is 5.06. The monoisotopic (exact) mass is 353 g/mol. The van der Waals surface area contributed by atoms with Gasteiger partial charge in [0.15, 0.2) is 0 Å². The smallest absolute Gasteiger partial charge is 0.254 e. The molecule has 0 saturated carbocycles. The Kier molecular flexibility index (Phi) is 4.74. The van der Waals surface area contributed by atoms with Crippen LogP contribution in [-0.2, 0) is 4.79 Å². The van der Waals surface area contributed by atoms with Crippen LogP contribution < -0.4 is 10.6 Å². The van der Waals surface area contributed by atoms with E-state index in [1.807, 2.05) is 54.8 Å². The summed E-state index contributed by atoms with van der Waals surface area (Å²) in [5.41, 5.74) is 2.40. The van der Waals surface area contributed by atoms with Crippen molar-refractivity contribution in [2.75, 3.05) is 5.32 Å². The first-order chi connectivity index (χ1) is 11.6. The summed E-state index contributed by atoms with van der Waals surface area (Å²) in [6.07, 6.45) is 0. The van der Waals surface area contributed by atoms with Gasteiger partial charge in [-0.1, -0.05) is 24.3 Å². The molecule has 1 atom stereocenters. The highest BCUT2D eigenvalue weighted by Gasteiger charge is 2.34. The molecular formula is C18H15N3OS2. The van der Waals surface area contributed by atoms with Crippen molar-refractivity contribution in [3.8, 4) is 6.07 Å². The van der Waals surface area contributed by atoms with Crippen LogP contribution in [0, 0.1) is 11.3 Å². The number of hydrogen-bond donors (Lipinski definition) is 3. The van der Waals surface area contributed by atoms with Crippen LogP contribution in [0.3, 0.4) is 0 Å². The SMILES string of the molecule is CC1=C(C(=O)Nc2ccccc2)[C@@H](c2cccs2)C(C#N)=C(S)N1. The molecule has 24 heavy (non-hydrogen) atoms. The molecule has 1 aromatic carbocycles. The van der Waals surface area contributed by atoms with Gasteiger partial charge in [-0.2, -0.15) is 5.26 Å². The summed E-state index contributed by atoms with van der Waals surface area (Å²) in [6, 6.07) is 15.3. The summed E-state index contributed by atoms with van der Waals surface area (Å²) in [7, 11) is 0. The van der Waals surface area contributed by atoms with Gasteiger partial charge in [0.1, 0.15) is 0 Å². The summed E-state index contributed by atoms with van der Waals surface area (Å²) < 4.78 is 0. The maximum atomic E-state index is 12.9. The first-order valence-corrected chi connectivity index (χ1v) is 8.65. The molecule has 2 heterocycles. The van der Waals surface area contributed by atoms with Gasteiger partial charge in [-0.05, 0) is 30.5 Å². The number of carbonyl (C=O) groups is 1. The van der Waals surface area contributed by atoms with Crippen LogP contribution in [0.25, 0.3) is 0 Å². The van der Waals surface area contributed by atoms with Gasteiger partial charge in [0.25, 0.3) is 5.91 Å². The van der Waals surface area contributed by atoms with Gasteiger partial charge in [0.2, 0.25) is 0 Å². The molecule has 2 N–H and O–H groups in total. The van der Waals surface area contributed by atoms with Crippen LogP contribution in [0.4, 0.5) is 5.69 Å². The normalized spacial score (nSPS) is 17.3. The van der Waals surface area contributed by atoms with Crippen LogP contribution in [0.5, 0.6) is 0 Å². The lowest BCUT2D eigenvalue weighted by atomic mass is 9.86. The molecule has 6 heteroatoms. The van der Waals surface area contributed by atoms with Gasteiger partial charge in [0, 0.05) is 21.8 Å². The Hall–Kier alpha value is -2.49. The van der Waals surface area contributed by atoms with E-state index in [4.69, 9.17) is 0 Å². The number of thiophene rings is 1. The van der Waals surface area contributed by atoms with E-state index in [9.17, 15) is 10.1 Å². The molecule has 0 spiro atoms. The van der Waals surface area contributed by atoms with Gasteiger partial charge >= 0.3 is 0 Å². The number of amides is 1. The number of carbonyl (C=O) groups excluding carboxylic acids is 1. The third-order valence-electron chi connectivity index (χ3n) is 3.77.